The number of carbonyl (C=O) groups is 1. The molecule has 0 aliphatic rings. The fourth-order valence-corrected chi connectivity index (χ4v) is 3.96. The summed E-state index contributed by atoms with van der Waals surface area (Å²) in [6.07, 6.45) is 1.73. The molecule has 0 atom stereocenters. The highest BCUT2D eigenvalue weighted by Gasteiger charge is 2.18. The van der Waals surface area contributed by atoms with Crippen molar-refractivity contribution in [3.8, 4) is 17.2 Å². The zero-order valence-corrected chi connectivity index (χ0v) is 17.6. The van der Waals surface area contributed by atoms with E-state index in [1.165, 1.54) is 11.8 Å². The molecule has 0 bridgehead atoms. The predicted octanol–water partition coefficient (Wildman–Crippen LogP) is 4.68. The molecular formula is C23H21N5OS. The van der Waals surface area contributed by atoms with E-state index in [0.717, 1.165) is 28.2 Å². The van der Waals surface area contributed by atoms with Gasteiger partial charge in [-0.3, -0.25) is 14.3 Å². The number of anilines is 1. The normalized spacial score (nSPS) is 10.7. The number of aromatic nitrogens is 4. The number of benzene rings is 2. The standard InChI is InChI=1S/C23H21N5OS/c1-16-12-17(2)14-18(13-16)25-21(29)15-30-23-27-26-22(20-10-6-7-11-24-20)28(23)19-8-4-3-5-9-19/h3-14H,15H2,1-2H3,(H,25,29). The van der Waals surface area contributed by atoms with Gasteiger partial charge in [0, 0.05) is 17.6 Å². The third-order valence-electron chi connectivity index (χ3n) is 4.38. The lowest BCUT2D eigenvalue weighted by Gasteiger charge is -2.10. The molecule has 1 N–H and O–H groups in total. The topological polar surface area (TPSA) is 72.7 Å². The van der Waals surface area contributed by atoms with Crippen LogP contribution in [0.2, 0.25) is 0 Å². The summed E-state index contributed by atoms with van der Waals surface area (Å²) in [5, 5.41) is 12.3. The summed E-state index contributed by atoms with van der Waals surface area (Å²) in [5.74, 6) is 0.770. The number of hydrogen-bond donors (Lipinski definition) is 1. The largest absolute Gasteiger partial charge is 0.325 e. The molecule has 0 saturated carbocycles. The zero-order chi connectivity index (χ0) is 20.9. The monoisotopic (exact) mass is 415 g/mol. The van der Waals surface area contributed by atoms with Crippen LogP contribution in [0.4, 0.5) is 5.69 Å². The molecule has 2 aromatic carbocycles. The predicted molar refractivity (Wildman–Crippen MR) is 120 cm³/mol. The fourth-order valence-electron chi connectivity index (χ4n) is 3.21. The maximum absolute atomic E-state index is 12.5. The van der Waals surface area contributed by atoms with Crippen molar-refractivity contribution in [1.29, 1.82) is 0 Å². The van der Waals surface area contributed by atoms with Crippen molar-refractivity contribution in [2.75, 3.05) is 11.1 Å². The van der Waals surface area contributed by atoms with Crippen molar-refractivity contribution in [2.45, 2.75) is 19.0 Å². The van der Waals surface area contributed by atoms with E-state index in [2.05, 4.69) is 26.6 Å². The summed E-state index contributed by atoms with van der Waals surface area (Å²) in [7, 11) is 0. The molecule has 150 valence electrons. The molecule has 2 aromatic heterocycles. The SMILES string of the molecule is Cc1cc(C)cc(NC(=O)CSc2nnc(-c3ccccn3)n2-c2ccccc2)c1. The van der Waals surface area contributed by atoms with Gasteiger partial charge in [0.2, 0.25) is 5.91 Å². The van der Waals surface area contributed by atoms with Crippen LogP contribution in [0, 0.1) is 13.8 Å². The maximum Gasteiger partial charge on any atom is 0.234 e. The number of aryl methyl sites for hydroxylation is 2. The molecule has 0 fully saturated rings. The van der Waals surface area contributed by atoms with Crippen molar-refractivity contribution >= 4 is 23.4 Å². The lowest BCUT2D eigenvalue weighted by atomic mass is 10.1. The number of amides is 1. The number of hydrogen-bond acceptors (Lipinski definition) is 5. The van der Waals surface area contributed by atoms with Crippen molar-refractivity contribution < 1.29 is 4.79 Å². The average Bonchev–Trinajstić information content (AvgIpc) is 3.17. The summed E-state index contributed by atoms with van der Waals surface area (Å²) in [6.45, 7) is 4.03. The minimum absolute atomic E-state index is 0.0907. The van der Waals surface area contributed by atoms with E-state index in [1.807, 2.05) is 79.1 Å². The smallest absolute Gasteiger partial charge is 0.234 e. The molecule has 6 nitrogen and oxygen atoms in total. The highest BCUT2D eigenvalue weighted by atomic mass is 32.2. The molecular weight excluding hydrogens is 394 g/mol. The number of nitrogens with zero attached hydrogens (tertiary/aromatic N) is 4. The summed E-state index contributed by atoms with van der Waals surface area (Å²) in [4.78, 5) is 16.9. The van der Waals surface area contributed by atoms with Crippen LogP contribution in [0.25, 0.3) is 17.2 Å². The molecule has 0 radical (unpaired) electrons. The first-order chi connectivity index (χ1) is 14.6. The molecule has 0 aliphatic heterocycles. The quantitative estimate of drug-likeness (QED) is 0.463. The first kappa shape index (κ1) is 19.8. The van der Waals surface area contributed by atoms with Crippen LogP contribution in [0.15, 0.2) is 78.1 Å². The Hall–Kier alpha value is -3.45. The number of para-hydroxylation sites is 1. The molecule has 0 saturated heterocycles. The van der Waals surface area contributed by atoms with Gasteiger partial charge in [0.25, 0.3) is 0 Å². The molecule has 30 heavy (non-hydrogen) atoms. The van der Waals surface area contributed by atoms with Crippen molar-refractivity contribution in [3.05, 3.63) is 84.1 Å². The second-order valence-electron chi connectivity index (χ2n) is 6.91. The van der Waals surface area contributed by atoms with Crippen molar-refractivity contribution in [2.24, 2.45) is 0 Å². The van der Waals surface area contributed by atoms with Gasteiger partial charge >= 0.3 is 0 Å². The Morgan fingerprint density at radius 3 is 2.40 bits per heavy atom. The average molecular weight is 416 g/mol. The Morgan fingerprint density at radius 2 is 1.70 bits per heavy atom. The van der Waals surface area contributed by atoms with Gasteiger partial charge in [-0.25, -0.2) is 0 Å². The number of thioether (sulfide) groups is 1. The van der Waals surface area contributed by atoms with Crippen LogP contribution in [0.3, 0.4) is 0 Å². The van der Waals surface area contributed by atoms with Crippen molar-refractivity contribution in [1.82, 2.24) is 19.7 Å². The zero-order valence-electron chi connectivity index (χ0n) is 16.7. The lowest BCUT2D eigenvalue weighted by Crippen LogP contribution is -2.14. The fraction of sp³-hybridized carbons (Fsp3) is 0.130. The van der Waals surface area contributed by atoms with Crippen LogP contribution < -0.4 is 5.32 Å². The third kappa shape index (κ3) is 4.58. The van der Waals surface area contributed by atoms with E-state index in [4.69, 9.17) is 0 Å². The van der Waals surface area contributed by atoms with Gasteiger partial charge < -0.3 is 5.32 Å². The highest BCUT2D eigenvalue weighted by Crippen LogP contribution is 2.27. The number of nitrogens with one attached hydrogen (secondary N) is 1. The van der Waals surface area contributed by atoms with Gasteiger partial charge in [-0.15, -0.1) is 10.2 Å². The summed E-state index contributed by atoms with van der Waals surface area (Å²) >= 11 is 1.34. The van der Waals surface area contributed by atoms with Crippen LogP contribution in [-0.4, -0.2) is 31.4 Å². The second kappa shape index (κ2) is 8.92. The summed E-state index contributed by atoms with van der Waals surface area (Å²) in [5.41, 5.74) is 4.67. The molecule has 0 unspecified atom stereocenters. The van der Waals surface area contributed by atoms with Gasteiger partial charge in [0.1, 0.15) is 5.69 Å². The Kier molecular flexibility index (Phi) is 5.90. The first-order valence-electron chi connectivity index (χ1n) is 9.53. The Labute approximate surface area is 179 Å². The number of rotatable bonds is 6. The van der Waals surface area contributed by atoms with E-state index in [9.17, 15) is 4.79 Å². The summed E-state index contributed by atoms with van der Waals surface area (Å²) < 4.78 is 1.93. The van der Waals surface area contributed by atoms with E-state index in [-0.39, 0.29) is 11.7 Å². The molecule has 7 heteroatoms. The molecule has 4 rings (SSSR count). The minimum Gasteiger partial charge on any atom is -0.325 e. The molecule has 0 aliphatic carbocycles. The molecule has 2 heterocycles. The third-order valence-corrected chi connectivity index (χ3v) is 5.31. The van der Waals surface area contributed by atoms with Gasteiger partial charge in [-0.2, -0.15) is 0 Å². The van der Waals surface area contributed by atoms with Gasteiger partial charge in [0.15, 0.2) is 11.0 Å². The second-order valence-corrected chi connectivity index (χ2v) is 7.85. The Morgan fingerprint density at radius 1 is 0.967 bits per heavy atom. The van der Waals surface area contributed by atoms with E-state index < -0.39 is 0 Å². The van der Waals surface area contributed by atoms with Crippen LogP contribution in [0.1, 0.15) is 11.1 Å². The minimum atomic E-state index is -0.0907. The van der Waals surface area contributed by atoms with Gasteiger partial charge in [0.05, 0.1) is 5.75 Å². The van der Waals surface area contributed by atoms with Gasteiger partial charge in [-0.05, 0) is 61.4 Å². The number of pyridine rings is 1. The van der Waals surface area contributed by atoms with E-state index in [0.29, 0.717) is 11.0 Å². The lowest BCUT2D eigenvalue weighted by molar-refractivity contribution is -0.113. The Bertz CT molecular complexity index is 1140. The van der Waals surface area contributed by atoms with Crippen LogP contribution in [0.5, 0.6) is 0 Å². The first-order valence-corrected chi connectivity index (χ1v) is 10.5. The van der Waals surface area contributed by atoms with Gasteiger partial charge in [-0.1, -0.05) is 42.1 Å². The van der Waals surface area contributed by atoms with Crippen molar-refractivity contribution in [3.63, 3.8) is 0 Å². The molecule has 0 spiro atoms. The molecule has 4 aromatic rings. The van der Waals surface area contributed by atoms with E-state index >= 15 is 0 Å². The van der Waals surface area contributed by atoms with Crippen LogP contribution in [-0.2, 0) is 4.79 Å². The maximum atomic E-state index is 12.5. The molecule has 1 amide bonds. The number of carbonyl (C=O) groups excluding carboxylic acids is 1. The Balaban J connectivity index is 1.57. The summed E-state index contributed by atoms with van der Waals surface area (Å²) in [6, 6.07) is 21.5. The van der Waals surface area contributed by atoms with Crippen LogP contribution >= 0.6 is 11.8 Å². The van der Waals surface area contributed by atoms with E-state index in [1.54, 1.807) is 6.20 Å². The highest BCUT2D eigenvalue weighted by molar-refractivity contribution is 7.99.